The molecule has 5 rings (SSSR count). The molecule has 49 heavy (non-hydrogen) atoms. The van der Waals surface area contributed by atoms with Crippen molar-refractivity contribution in [3.63, 3.8) is 0 Å². The maximum Gasteiger partial charge on any atom is 0.416 e. The maximum absolute atomic E-state index is 14.2. The third-order valence-corrected chi connectivity index (χ3v) is 9.07. The predicted octanol–water partition coefficient (Wildman–Crippen LogP) is 7.14. The Labute approximate surface area is 281 Å². The van der Waals surface area contributed by atoms with Gasteiger partial charge >= 0.3 is 12.1 Å². The summed E-state index contributed by atoms with van der Waals surface area (Å²) in [4.78, 5) is 39.6. The average molecular weight is 681 g/mol. The Morgan fingerprint density at radius 1 is 1.06 bits per heavy atom. The summed E-state index contributed by atoms with van der Waals surface area (Å²) in [5.41, 5.74) is 3.56. The number of hydrogen-bond acceptors (Lipinski definition) is 4. The zero-order valence-electron chi connectivity index (χ0n) is 27.9. The van der Waals surface area contributed by atoms with E-state index in [1.165, 1.54) is 23.0 Å². The van der Waals surface area contributed by atoms with Gasteiger partial charge in [0, 0.05) is 31.2 Å². The van der Waals surface area contributed by atoms with Gasteiger partial charge in [0.1, 0.15) is 11.9 Å². The van der Waals surface area contributed by atoms with Crippen LogP contribution in [0.2, 0.25) is 0 Å². The van der Waals surface area contributed by atoms with E-state index in [-0.39, 0.29) is 36.7 Å². The first kappa shape index (κ1) is 35.6. The number of nitrogens with zero attached hydrogens (tertiary/aromatic N) is 3. The van der Waals surface area contributed by atoms with Crippen molar-refractivity contribution >= 4 is 11.9 Å². The lowest BCUT2D eigenvalue weighted by Crippen LogP contribution is -2.40. The number of amides is 1. The normalized spacial score (nSPS) is 14.1. The van der Waals surface area contributed by atoms with Crippen LogP contribution in [0.1, 0.15) is 84.1 Å². The number of fused-ring (bicyclic) bond motifs is 1. The number of aliphatic carboxylic acids is 1. The van der Waals surface area contributed by atoms with Gasteiger partial charge in [0.05, 0.1) is 18.0 Å². The summed E-state index contributed by atoms with van der Waals surface area (Å²) in [6.07, 6.45) is 1.39. The second-order valence-electron chi connectivity index (χ2n) is 13.3. The summed E-state index contributed by atoms with van der Waals surface area (Å²) in [7, 11) is 0. The van der Waals surface area contributed by atoms with E-state index in [4.69, 9.17) is 0 Å². The highest BCUT2D eigenvalue weighted by molar-refractivity contribution is 5.82. The Kier molecular flexibility index (Phi) is 10.4. The second kappa shape index (κ2) is 14.4. The van der Waals surface area contributed by atoms with Crippen LogP contribution in [0.3, 0.4) is 0 Å². The molecule has 260 valence electrons. The van der Waals surface area contributed by atoms with E-state index in [2.05, 4.69) is 10.4 Å². The number of carbonyl (C=O) groups excluding carboxylic acids is 1. The van der Waals surface area contributed by atoms with Crippen LogP contribution in [-0.2, 0) is 41.6 Å². The van der Waals surface area contributed by atoms with Crippen molar-refractivity contribution in [1.82, 2.24) is 19.7 Å². The number of halogens is 4. The molecular weight excluding hydrogens is 640 g/mol. The highest BCUT2D eigenvalue weighted by Crippen LogP contribution is 2.39. The quantitative estimate of drug-likeness (QED) is 0.155. The molecule has 2 atom stereocenters. The number of aromatic nitrogens is 3. The molecule has 4 aromatic rings. The van der Waals surface area contributed by atoms with Gasteiger partial charge in [-0.3, -0.25) is 19.1 Å². The number of carboxylic acids is 1. The Morgan fingerprint density at radius 3 is 2.39 bits per heavy atom. The number of pyridine rings is 1. The van der Waals surface area contributed by atoms with Gasteiger partial charge < -0.3 is 15.0 Å². The van der Waals surface area contributed by atoms with E-state index < -0.39 is 47.7 Å². The smallest absolute Gasteiger partial charge is 0.416 e. The summed E-state index contributed by atoms with van der Waals surface area (Å²) in [6, 6.07) is 6.58. The van der Waals surface area contributed by atoms with Gasteiger partial charge in [-0.1, -0.05) is 19.9 Å². The molecule has 2 aromatic heterocycles. The van der Waals surface area contributed by atoms with E-state index in [9.17, 15) is 37.1 Å². The van der Waals surface area contributed by atoms with Gasteiger partial charge in [-0.15, -0.1) is 0 Å². The molecule has 8 nitrogen and oxygen atoms in total. The molecule has 0 bridgehead atoms. The van der Waals surface area contributed by atoms with Crippen molar-refractivity contribution < 1.29 is 32.3 Å². The van der Waals surface area contributed by atoms with E-state index in [1.54, 1.807) is 12.3 Å². The zero-order chi connectivity index (χ0) is 35.6. The first-order chi connectivity index (χ1) is 23.1. The van der Waals surface area contributed by atoms with Crippen LogP contribution in [0.5, 0.6) is 0 Å². The maximum atomic E-state index is 14.2. The number of benzene rings is 2. The molecule has 2 aromatic carbocycles. The first-order valence-electron chi connectivity index (χ1n) is 16.4. The molecule has 0 spiro atoms. The second-order valence-corrected chi connectivity index (χ2v) is 13.3. The van der Waals surface area contributed by atoms with Gasteiger partial charge in [-0.25, -0.2) is 4.39 Å². The van der Waals surface area contributed by atoms with Crippen LogP contribution in [0.15, 0.2) is 59.8 Å². The summed E-state index contributed by atoms with van der Waals surface area (Å²) >= 11 is 0. The molecule has 0 aliphatic heterocycles. The van der Waals surface area contributed by atoms with Gasteiger partial charge in [0.25, 0.3) is 5.56 Å². The van der Waals surface area contributed by atoms with E-state index in [1.807, 2.05) is 39.8 Å². The van der Waals surface area contributed by atoms with Crippen molar-refractivity contribution in [2.45, 2.75) is 91.0 Å². The van der Waals surface area contributed by atoms with E-state index in [0.717, 1.165) is 63.4 Å². The largest absolute Gasteiger partial charge is 0.481 e. The lowest BCUT2D eigenvalue weighted by molar-refractivity contribution is -0.139. The molecule has 12 heteroatoms. The number of carboxylic acid groups (broad SMARTS) is 1. The molecule has 2 N–H and O–H groups in total. The molecular formula is C37H40F4N4O4. The lowest BCUT2D eigenvalue weighted by atomic mass is 9.87. The number of hydrogen-bond donors (Lipinski definition) is 2. The predicted molar refractivity (Wildman–Crippen MR) is 177 cm³/mol. The number of nitrogens with one attached hydrogen (secondary N) is 1. The Morgan fingerprint density at radius 2 is 1.78 bits per heavy atom. The Hall–Kier alpha value is -4.74. The Balaban J connectivity index is 1.56. The molecule has 0 saturated heterocycles. The monoisotopic (exact) mass is 680 g/mol. The van der Waals surface area contributed by atoms with E-state index in [0.29, 0.717) is 11.6 Å². The first-order valence-corrected chi connectivity index (χ1v) is 16.4. The molecule has 0 saturated carbocycles. The number of rotatable bonds is 12. The van der Waals surface area contributed by atoms with Gasteiger partial charge in [0.15, 0.2) is 0 Å². The number of alkyl halides is 3. The fraction of sp³-hybridized carbons (Fsp3) is 0.405. The molecule has 0 unspecified atom stereocenters. The minimum absolute atomic E-state index is 0.103. The SMILES string of the molecule is Cc1cc(F)cc(C)c1-c1cc([C@H](CC(=O)O)NC(=O)[C@H](CC(C)C)n2cc(CCn3cccn3)c(C(F)(F)F)cc2=O)cc2c1CCC2. The minimum Gasteiger partial charge on any atom is -0.481 e. The minimum atomic E-state index is -4.80. The number of carbonyl (C=O) groups is 2. The van der Waals surface area contributed by atoms with Crippen molar-refractivity contribution in [3.8, 4) is 11.1 Å². The summed E-state index contributed by atoms with van der Waals surface area (Å²) in [6.45, 7) is 7.39. The zero-order valence-corrected chi connectivity index (χ0v) is 27.9. The lowest BCUT2D eigenvalue weighted by Gasteiger charge is -2.27. The van der Waals surface area contributed by atoms with Crippen LogP contribution in [-0.4, -0.2) is 31.3 Å². The molecule has 2 heterocycles. The molecule has 1 aliphatic carbocycles. The summed E-state index contributed by atoms with van der Waals surface area (Å²) < 4.78 is 59.0. The molecule has 1 aliphatic rings. The summed E-state index contributed by atoms with van der Waals surface area (Å²) in [5, 5.41) is 16.8. The fourth-order valence-corrected chi connectivity index (χ4v) is 6.94. The van der Waals surface area contributed by atoms with E-state index >= 15 is 0 Å². The third-order valence-electron chi connectivity index (χ3n) is 9.07. The van der Waals surface area contributed by atoms with Crippen LogP contribution in [0, 0.1) is 25.6 Å². The van der Waals surface area contributed by atoms with Crippen molar-refractivity contribution in [3.05, 3.63) is 110 Å². The topological polar surface area (TPSA) is 106 Å². The standard InChI is InChI=1S/C37H40F4N4O4/c1-21(2)13-32(45-20-25(9-12-44-11-6-10-42-44)30(18-33(45)46)37(39,40)41)36(49)43-31(19-34(47)48)26-16-24-7-5-8-28(24)29(17-26)35-22(3)14-27(38)15-23(35)4/h6,10-11,14-18,20-21,31-32H,5,7-9,12-13,19H2,1-4H3,(H,43,49)(H,47,48)/t31-,32-/m0/s1. The van der Waals surface area contributed by atoms with Gasteiger partial charge in [0.2, 0.25) is 5.91 Å². The third kappa shape index (κ3) is 8.12. The van der Waals surface area contributed by atoms with Crippen LogP contribution >= 0.6 is 0 Å². The van der Waals surface area contributed by atoms with Crippen molar-refractivity contribution in [2.24, 2.45) is 5.92 Å². The fourth-order valence-electron chi connectivity index (χ4n) is 6.94. The molecule has 0 fully saturated rings. The van der Waals surface area contributed by atoms with Crippen LogP contribution < -0.4 is 10.9 Å². The molecule has 0 radical (unpaired) electrons. The van der Waals surface area contributed by atoms with Gasteiger partial charge in [-0.2, -0.15) is 18.3 Å². The molecule has 1 amide bonds. The van der Waals surface area contributed by atoms with Crippen molar-refractivity contribution in [2.75, 3.05) is 0 Å². The van der Waals surface area contributed by atoms with Crippen LogP contribution in [0.4, 0.5) is 17.6 Å². The van der Waals surface area contributed by atoms with Gasteiger partial charge in [-0.05, 0) is 121 Å². The average Bonchev–Trinajstić information content (AvgIpc) is 3.70. The highest BCUT2D eigenvalue weighted by atomic mass is 19.4. The van der Waals surface area contributed by atoms with Crippen LogP contribution in [0.25, 0.3) is 11.1 Å². The van der Waals surface area contributed by atoms with Crippen molar-refractivity contribution in [1.29, 1.82) is 0 Å². The Bertz CT molecular complexity index is 1890. The highest BCUT2D eigenvalue weighted by Gasteiger charge is 2.36. The summed E-state index contributed by atoms with van der Waals surface area (Å²) in [5.74, 6) is -2.36. The number of aryl methyl sites for hydroxylation is 5.